The van der Waals surface area contributed by atoms with Gasteiger partial charge in [0, 0.05) is 15.6 Å². The van der Waals surface area contributed by atoms with Gasteiger partial charge in [-0.15, -0.1) is 0 Å². The van der Waals surface area contributed by atoms with Crippen LogP contribution < -0.4 is 0 Å². The molecule has 23 heavy (non-hydrogen) atoms. The molecule has 11 heteroatoms. The Morgan fingerprint density at radius 3 is 1.70 bits per heavy atom. The summed E-state index contributed by atoms with van der Waals surface area (Å²) >= 11 is 11.0. The van der Waals surface area contributed by atoms with Crippen molar-refractivity contribution in [1.29, 1.82) is 0 Å². The van der Waals surface area contributed by atoms with E-state index in [1.807, 2.05) is 0 Å². The van der Waals surface area contributed by atoms with Crippen molar-refractivity contribution in [3.8, 4) is 0 Å². The van der Waals surface area contributed by atoms with Gasteiger partial charge in [-0.3, -0.25) is 9.59 Å². The molecular weight excluding hydrogens is 380 g/mol. The molecule has 0 amide bonds. The minimum absolute atomic E-state index is 0.124. The number of alkyl halides is 7. The first-order valence-electron chi connectivity index (χ1n) is 5.55. The Morgan fingerprint density at radius 2 is 1.30 bits per heavy atom. The van der Waals surface area contributed by atoms with Crippen LogP contribution in [0.3, 0.4) is 0 Å². The highest BCUT2D eigenvalue weighted by atomic mass is 35.5. The molecule has 128 valence electrons. The van der Waals surface area contributed by atoms with E-state index < -0.39 is 41.6 Å². The molecule has 0 heterocycles. The smallest absolute Gasteiger partial charge is 0.294 e. The molecular formula is C12H5Cl2F7O2. The van der Waals surface area contributed by atoms with E-state index in [2.05, 4.69) is 0 Å². The van der Waals surface area contributed by atoms with Gasteiger partial charge in [0.2, 0.25) is 5.78 Å². The number of ketones is 2. The van der Waals surface area contributed by atoms with E-state index in [0.717, 1.165) is 18.2 Å². The predicted molar refractivity (Wildman–Crippen MR) is 66.4 cm³/mol. The molecule has 0 aliphatic rings. The molecule has 0 bridgehead atoms. The number of hydrogen-bond donors (Lipinski definition) is 0. The molecule has 1 rings (SSSR count). The standard InChI is InChI=1S/C12H5Cl2F7O2/c13-6-1-5(2-7(14)3-6)8(22)4-9(23)10(15,16)11(17,18)12(19,20)21/h1-3H,4H2. The molecule has 0 spiro atoms. The van der Waals surface area contributed by atoms with Crippen molar-refractivity contribution < 1.29 is 40.3 Å². The van der Waals surface area contributed by atoms with Crippen molar-refractivity contribution in [3.63, 3.8) is 0 Å². The number of hydrogen-bond acceptors (Lipinski definition) is 2. The summed E-state index contributed by atoms with van der Waals surface area (Å²) in [4.78, 5) is 22.7. The highest BCUT2D eigenvalue weighted by molar-refractivity contribution is 6.35. The number of rotatable bonds is 5. The normalized spacial score (nSPS) is 13.1. The Bertz CT molecular complexity index is 621. The summed E-state index contributed by atoms with van der Waals surface area (Å²) in [6.45, 7) is 0. The van der Waals surface area contributed by atoms with E-state index in [0.29, 0.717) is 0 Å². The minimum atomic E-state index is -6.66. The molecule has 0 N–H and O–H groups in total. The second-order valence-corrected chi connectivity index (χ2v) is 5.20. The van der Waals surface area contributed by atoms with Gasteiger partial charge in [-0.2, -0.15) is 30.7 Å². The Balaban J connectivity index is 3.04. The molecule has 0 saturated carbocycles. The molecule has 0 radical (unpaired) electrons. The fraction of sp³-hybridized carbons (Fsp3) is 0.333. The molecule has 1 aromatic carbocycles. The Hall–Kier alpha value is -1.35. The minimum Gasteiger partial charge on any atom is -0.294 e. The highest BCUT2D eigenvalue weighted by Gasteiger charge is 2.75. The second kappa shape index (κ2) is 6.27. The zero-order valence-corrected chi connectivity index (χ0v) is 12.2. The van der Waals surface area contributed by atoms with Crippen molar-refractivity contribution in [2.75, 3.05) is 0 Å². The molecule has 0 fully saturated rings. The van der Waals surface area contributed by atoms with E-state index in [9.17, 15) is 40.3 Å². The molecule has 0 aliphatic heterocycles. The van der Waals surface area contributed by atoms with Crippen LogP contribution in [0.2, 0.25) is 10.0 Å². The lowest BCUT2D eigenvalue weighted by Gasteiger charge is -2.26. The fourth-order valence-corrected chi connectivity index (χ4v) is 1.95. The van der Waals surface area contributed by atoms with Crippen LogP contribution in [-0.4, -0.2) is 29.6 Å². The third-order valence-electron chi connectivity index (χ3n) is 2.61. The van der Waals surface area contributed by atoms with Gasteiger partial charge >= 0.3 is 18.0 Å². The zero-order chi connectivity index (χ0) is 18.2. The van der Waals surface area contributed by atoms with Gasteiger partial charge in [0.15, 0.2) is 5.78 Å². The van der Waals surface area contributed by atoms with Crippen LogP contribution in [-0.2, 0) is 4.79 Å². The lowest BCUT2D eigenvalue weighted by atomic mass is 9.99. The maximum absolute atomic E-state index is 13.1. The van der Waals surface area contributed by atoms with Crippen molar-refractivity contribution in [2.45, 2.75) is 24.4 Å². The summed E-state index contributed by atoms with van der Waals surface area (Å²) in [7, 11) is 0. The van der Waals surface area contributed by atoms with Gasteiger partial charge in [-0.1, -0.05) is 23.2 Å². The highest BCUT2D eigenvalue weighted by Crippen LogP contribution is 2.47. The number of halogens is 9. The third-order valence-corrected chi connectivity index (χ3v) is 3.04. The van der Waals surface area contributed by atoms with Gasteiger partial charge in [-0.25, -0.2) is 0 Å². The molecule has 0 atom stereocenters. The summed E-state index contributed by atoms with van der Waals surface area (Å²) in [6.07, 6.45) is -8.54. The lowest BCUT2D eigenvalue weighted by Crippen LogP contribution is -2.56. The summed E-state index contributed by atoms with van der Waals surface area (Å²) in [5.74, 6) is -17.0. The van der Waals surface area contributed by atoms with Crippen LogP contribution in [0, 0.1) is 0 Å². The average Bonchev–Trinajstić information content (AvgIpc) is 2.35. The molecule has 0 aliphatic carbocycles. The van der Waals surface area contributed by atoms with Crippen LogP contribution in [0.1, 0.15) is 16.8 Å². The summed E-state index contributed by atoms with van der Waals surface area (Å²) in [5, 5.41) is -0.249. The number of Topliss-reactive ketones (excluding diaryl/α,β-unsaturated/α-hetero) is 2. The largest absolute Gasteiger partial charge is 0.460 e. The van der Waals surface area contributed by atoms with Gasteiger partial charge in [-0.05, 0) is 18.2 Å². The molecule has 0 saturated heterocycles. The van der Waals surface area contributed by atoms with Crippen molar-refractivity contribution in [1.82, 2.24) is 0 Å². The molecule has 0 unspecified atom stereocenters. The van der Waals surface area contributed by atoms with E-state index in [1.54, 1.807) is 0 Å². The Morgan fingerprint density at radius 1 is 0.870 bits per heavy atom. The molecule has 0 aromatic heterocycles. The first-order chi connectivity index (χ1) is 10.2. The van der Waals surface area contributed by atoms with Crippen LogP contribution in [0.15, 0.2) is 18.2 Å². The van der Waals surface area contributed by atoms with Crippen LogP contribution in [0.25, 0.3) is 0 Å². The predicted octanol–water partition coefficient (Wildman–Crippen LogP) is 4.97. The SMILES string of the molecule is O=C(CC(=O)C(F)(F)C(F)(F)C(F)(F)F)c1cc(Cl)cc(Cl)c1. The van der Waals surface area contributed by atoms with Gasteiger partial charge in [0.1, 0.15) is 0 Å². The van der Waals surface area contributed by atoms with Gasteiger partial charge in [0.05, 0.1) is 6.42 Å². The Labute approximate surface area is 134 Å². The summed E-state index contributed by atoms with van der Waals surface area (Å²) in [5.41, 5.74) is -0.484. The summed E-state index contributed by atoms with van der Waals surface area (Å²) in [6, 6.07) is 2.93. The van der Waals surface area contributed by atoms with E-state index >= 15 is 0 Å². The topological polar surface area (TPSA) is 34.1 Å². The number of carbonyl (C=O) groups excluding carboxylic acids is 2. The summed E-state index contributed by atoms with van der Waals surface area (Å²) < 4.78 is 87.4. The first-order valence-corrected chi connectivity index (χ1v) is 6.30. The quantitative estimate of drug-likeness (QED) is 0.408. The maximum atomic E-state index is 13.1. The maximum Gasteiger partial charge on any atom is 0.460 e. The third kappa shape index (κ3) is 3.95. The van der Waals surface area contributed by atoms with Gasteiger partial charge < -0.3 is 0 Å². The monoisotopic (exact) mass is 384 g/mol. The first kappa shape index (κ1) is 19.7. The zero-order valence-electron chi connectivity index (χ0n) is 10.7. The molecule has 2 nitrogen and oxygen atoms in total. The van der Waals surface area contributed by atoms with Gasteiger partial charge in [0.25, 0.3) is 0 Å². The van der Waals surface area contributed by atoms with E-state index in [1.165, 1.54) is 0 Å². The van der Waals surface area contributed by atoms with Crippen LogP contribution >= 0.6 is 23.2 Å². The number of benzene rings is 1. The lowest BCUT2D eigenvalue weighted by molar-refractivity contribution is -0.343. The molecule has 1 aromatic rings. The Kier molecular flexibility index (Phi) is 5.37. The van der Waals surface area contributed by atoms with Crippen LogP contribution in [0.5, 0.6) is 0 Å². The average molecular weight is 385 g/mol. The van der Waals surface area contributed by atoms with Crippen molar-refractivity contribution >= 4 is 34.8 Å². The van der Waals surface area contributed by atoms with E-state index in [-0.39, 0.29) is 10.0 Å². The van der Waals surface area contributed by atoms with Crippen molar-refractivity contribution in [3.05, 3.63) is 33.8 Å². The van der Waals surface area contributed by atoms with Crippen molar-refractivity contribution in [2.24, 2.45) is 0 Å². The fourth-order valence-electron chi connectivity index (χ4n) is 1.43. The number of carbonyl (C=O) groups is 2. The van der Waals surface area contributed by atoms with E-state index in [4.69, 9.17) is 23.2 Å². The second-order valence-electron chi connectivity index (χ2n) is 4.33. The van der Waals surface area contributed by atoms with Crippen LogP contribution in [0.4, 0.5) is 30.7 Å².